The van der Waals surface area contributed by atoms with Crippen molar-refractivity contribution in [3.63, 3.8) is 0 Å². The van der Waals surface area contributed by atoms with Crippen molar-refractivity contribution in [2.45, 2.75) is 13.1 Å². The molecule has 0 saturated carbocycles. The van der Waals surface area contributed by atoms with Gasteiger partial charge in [0.15, 0.2) is 0 Å². The molecule has 0 saturated heterocycles. The Bertz CT molecular complexity index is 888. The lowest BCUT2D eigenvalue weighted by atomic mass is 10.1. The Morgan fingerprint density at radius 2 is 1.88 bits per heavy atom. The second kappa shape index (κ2) is 6.60. The van der Waals surface area contributed by atoms with Gasteiger partial charge in [-0.2, -0.15) is 5.26 Å². The summed E-state index contributed by atoms with van der Waals surface area (Å²) in [5.74, 6) is -0.461. The van der Waals surface area contributed by atoms with E-state index in [2.05, 4.69) is 17.9 Å². The molecule has 3 rings (SSSR count). The van der Waals surface area contributed by atoms with Crippen molar-refractivity contribution in [3.05, 3.63) is 75.3 Å². The number of anilines is 1. The largest absolute Gasteiger partial charge is 0.327 e. The van der Waals surface area contributed by atoms with Crippen molar-refractivity contribution in [2.24, 2.45) is 0 Å². The Morgan fingerprint density at radius 1 is 1.21 bits per heavy atom. The van der Waals surface area contributed by atoms with Crippen LogP contribution in [0.5, 0.6) is 0 Å². The number of rotatable bonds is 2. The normalized spacial score (nSPS) is 17.5. The molecule has 0 aromatic heterocycles. The van der Waals surface area contributed by atoms with Gasteiger partial charge in [0, 0.05) is 16.3 Å². The number of nitriles is 1. The van der Waals surface area contributed by atoms with Crippen LogP contribution in [-0.4, -0.2) is 5.91 Å². The SMILES string of the molecule is Cc1ccccc1N1C(S)=C(C#N)C(=O)N[C@H]1c1ccccc1Cl. The first kappa shape index (κ1) is 16.4. The van der Waals surface area contributed by atoms with Crippen molar-refractivity contribution in [2.75, 3.05) is 4.90 Å². The van der Waals surface area contributed by atoms with E-state index >= 15 is 0 Å². The molecule has 6 heteroatoms. The van der Waals surface area contributed by atoms with E-state index in [0.717, 1.165) is 16.8 Å². The number of carbonyl (C=O) groups is 1. The lowest BCUT2D eigenvalue weighted by Gasteiger charge is -2.39. The lowest BCUT2D eigenvalue weighted by molar-refractivity contribution is -0.118. The molecule has 120 valence electrons. The summed E-state index contributed by atoms with van der Waals surface area (Å²) in [6.07, 6.45) is -0.545. The Labute approximate surface area is 150 Å². The number of amides is 1. The van der Waals surface area contributed by atoms with Gasteiger partial charge in [-0.15, -0.1) is 12.6 Å². The number of nitrogens with zero attached hydrogens (tertiary/aromatic N) is 2. The van der Waals surface area contributed by atoms with Crippen LogP contribution in [0.25, 0.3) is 0 Å². The van der Waals surface area contributed by atoms with Gasteiger partial charge in [0.1, 0.15) is 17.8 Å². The monoisotopic (exact) mass is 355 g/mol. The second-order valence-electron chi connectivity index (χ2n) is 5.36. The van der Waals surface area contributed by atoms with Gasteiger partial charge in [-0.1, -0.05) is 48.0 Å². The van der Waals surface area contributed by atoms with E-state index in [1.165, 1.54) is 0 Å². The highest BCUT2D eigenvalue weighted by molar-refractivity contribution is 7.84. The van der Waals surface area contributed by atoms with E-state index in [1.54, 1.807) is 6.07 Å². The van der Waals surface area contributed by atoms with E-state index in [9.17, 15) is 10.1 Å². The van der Waals surface area contributed by atoms with Crippen LogP contribution in [-0.2, 0) is 4.79 Å². The minimum absolute atomic E-state index is 0.0233. The van der Waals surface area contributed by atoms with Crippen molar-refractivity contribution in [3.8, 4) is 6.07 Å². The quantitative estimate of drug-likeness (QED) is 0.802. The maximum Gasteiger partial charge on any atom is 0.266 e. The molecule has 4 nitrogen and oxygen atoms in total. The zero-order valence-electron chi connectivity index (χ0n) is 12.8. The van der Waals surface area contributed by atoms with Gasteiger partial charge in [-0.05, 0) is 24.6 Å². The summed E-state index contributed by atoms with van der Waals surface area (Å²) in [4.78, 5) is 14.1. The number of halogens is 1. The molecule has 1 aliphatic heterocycles. The standard InChI is InChI=1S/C18H14ClN3OS/c1-11-6-2-5-9-15(11)22-16(12-7-3-4-8-14(12)19)21-17(23)13(10-20)18(22)24/h2-9,16,24H,1H3,(H,21,23)/t16-/m1/s1. The van der Waals surface area contributed by atoms with E-state index in [0.29, 0.717) is 10.1 Å². The van der Waals surface area contributed by atoms with Crippen LogP contribution in [0.4, 0.5) is 5.69 Å². The van der Waals surface area contributed by atoms with E-state index < -0.39 is 12.1 Å². The topological polar surface area (TPSA) is 56.1 Å². The summed E-state index contributed by atoms with van der Waals surface area (Å²) < 4.78 is 0. The minimum Gasteiger partial charge on any atom is -0.327 e. The minimum atomic E-state index is -0.545. The number of thiol groups is 1. The average Bonchev–Trinajstić information content (AvgIpc) is 2.56. The number of para-hydroxylation sites is 1. The van der Waals surface area contributed by atoms with Gasteiger partial charge >= 0.3 is 0 Å². The lowest BCUT2D eigenvalue weighted by Crippen LogP contribution is -2.46. The van der Waals surface area contributed by atoms with Gasteiger partial charge in [-0.3, -0.25) is 4.79 Å². The van der Waals surface area contributed by atoms with Crippen LogP contribution in [0, 0.1) is 18.3 Å². The van der Waals surface area contributed by atoms with E-state index in [1.807, 2.05) is 60.4 Å². The molecule has 0 radical (unpaired) electrons. The molecule has 24 heavy (non-hydrogen) atoms. The zero-order valence-corrected chi connectivity index (χ0v) is 14.5. The Balaban J connectivity index is 2.23. The van der Waals surface area contributed by atoms with Crippen LogP contribution >= 0.6 is 24.2 Å². The number of hydrogen-bond donors (Lipinski definition) is 2. The molecule has 1 N–H and O–H groups in total. The molecule has 1 amide bonds. The highest BCUT2D eigenvalue weighted by Crippen LogP contribution is 2.38. The van der Waals surface area contributed by atoms with Crippen LogP contribution in [0.3, 0.4) is 0 Å². The molecule has 0 aliphatic carbocycles. The van der Waals surface area contributed by atoms with Crippen molar-refractivity contribution in [1.82, 2.24) is 5.32 Å². The maximum absolute atomic E-state index is 12.3. The van der Waals surface area contributed by atoms with Gasteiger partial charge in [0.25, 0.3) is 5.91 Å². The molecular formula is C18H14ClN3OS. The van der Waals surface area contributed by atoms with E-state index in [-0.39, 0.29) is 5.57 Å². The zero-order chi connectivity index (χ0) is 17.3. The first-order valence-corrected chi connectivity index (χ1v) is 8.10. The van der Waals surface area contributed by atoms with Gasteiger partial charge < -0.3 is 10.2 Å². The molecule has 1 aliphatic rings. The number of carbonyl (C=O) groups excluding carboxylic acids is 1. The number of benzene rings is 2. The molecule has 0 fully saturated rings. The van der Waals surface area contributed by atoms with Gasteiger partial charge in [0.05, 0.1) is 5.03 Å². The van der Waals surface area contributed by atoms with Gasteiger partial charge in [-0.25, -0.2) is 0 Å². The first-order valence-electron chi connectivity index (χ1n) is 7.28. The predicted molar refractivity (Wildman–Crippen MR) is 97.6 cm³/mol. The summed E-state index contributed by atoms with van der Waals surface area (Å²) in [6.45, 7) is 1.96. The molecule has 1 heterocycles. The third kappa shape index (κ3) is 2.75. The van der Waals surface area contributed by atoms with Crippen LogP contribution < -0.4 is 10.2 Å². The molecule has 0 unspecified atom stereocenters. The first-order chi connectivity index (χ1) is 11.5. The third-order valence-corrected chi connectivity index (χ3v) is 4.67. The fraction of sp³-hybridized carbons (Fsp3) is 0.111. The predicted octanol–water partition coefficient (Wildman–Crippen LogP) is 3.95. The van der Waals surface area contributed by atoms with Crippen LogP contribution in [0.15, 0.2) is 59.1 Å². The number of hydrogen-bond acceptors (Lipinski definition) is 4. The molecule has 0 bridgehead atoms. The second-order valence-corrected chi connectivity index (χ2v) is 6.20. The summed E-state index contributed by atoms with van der Waals surface area (Å²) >= 11 is 10.8. The van der Waals surface area contributed by atoms with Gasteiger partial charge in [0.2, 0.25) is 0 Å². The molecule has 1 atom stereocenters. The molecule has 2 aromatic carbocycles. The Hall–Kier alpha value is -2.42. The summed E-state index contributed by atoms with van der Waals surface area (Å²) in [5, 5.41) is 13.0. The third-order valence-electron chi connectivity index (χ3n) is 3.89. The number of nitrogens with one attached hydrogen (secondary N) is 1. The number of aryl methyl sites for hydroxylation is 1. The highest BCUT2D eigenvalue weighted by atomic mass is 35.5. The molecule has 0 spiro atoms. The van der Waals surface area contributed by atoms with Crippen LogP contribution in [0.2, 0.25) is 5.02 Å². The fourth-order valence-electron chi connectivity index (χ4n) is 2.71. The fourth-order valence-corrected chi connectivity index (χ4v) is 3.32. The summed E-state index contributed by atoms with van der Waals surface area (Å²) in [7, 11) is 0. The molecular weight excluding hydrogens is 342 g/mol. The van der Waals surface area contributed by atoms with Crippen molar-refractivity contribution >= 4 is 35.8 Å². The summed E-state index contributed by atoms with van der Waals surface area (Å²) in [5.41, 5.74) is 2.55. The summed E-state index contributed by atoms with van der Waals surface area (Å²) in [6, 6.07) is 16.9. The smallest absolute Gasteiger partial charge is 0.266 e. The van der Waals surface area contributed by atoms with Crippen molar-refractivity contribution in [1.29, 1.82) is 5.26 Å². The van der Waals surface area contributed by atoms with Crippen molar-refractivity contribution < 1.29 is 4.79 Å². The highest BCUT2D eigenvalue weighted by Gasteiger charge is 2.35. The average molecular weight is 356 g/mol. The molecule has 2 aromatic rings. The Kier molecular flexibility index (Phi) is 4.52. The van der Waals surface area contributed by atoms with E-state index in [4.69, 9.17) is 11.6 Å². The maximum atomic E-state index is 12.3. The van der Waals surface area contributed by atoms with Crippen LogP contribution in [0.1, 0.15) is 17.3 Å². The Morgan fingerprint density at radius 3 is 2.54 bits per heavy atom.